The van der Waals surface area contributed by atoms with Gasteiger partial charge >= 0.3 is 11.9 Å². The minimum absolute atomic E-state index is 0.176. The fraction of sp³-hybridized carbons (Fsp3) is 0.214. The summed E-state index contributed by atoms with van der Waals surface area (Å²) < 4.78 is 0. The maximum atomic E-state index is 11.9. The number of amides is 1. The predicted octanol–water partition coefficient (Wildman–Crippen LogP) is 1.99. The third kappa shape index (κ3) is 3.03. The molecule has 0 unspecified atom stereocenters. The Kier molecular flexibility index (Phi) is 3.84. The molecule has 6 heteroatoms. The first kappa shape index (κ1) is 13.8. The molecule has 104 valence electrons. The third-order valence-corrected chi connectivity index (χ3v) is 3.07. The molecule has 1 aliphatic rings. The highest BCUT2D eigenvalue weighted by Crippen LogP contribution is 2.21. The largest absolute Gasteiger partial charge is 0.478 e. The molecule has 0 aliphatic heterocycles. The molecule has 20 heavy (non-hydrogen) atoms. The molecule has 1 aromatic rings. The van der Waals surface area contributed by atoms with Crippen LogP contribution < -0.4 is 5.32 Å². The molecule has 1 aliphatic carbocycles. The van der Waals surface area contributed by atoms with Crippen LogP contribution in [0.3, 0.4) is 0 Å². The van der Waals surface area contributed by atoms with Gasteiger partial charge in [0, 0.05) is 11.6 Å². The van der Waals surface area contributed by atoms with Crippen molar-refractivity contribution in [3.63, 3.8) is 0 Å². The first-order valence-electron chi connectivity index (χ1n) is 6.05. The predicted molar refractivity (Wildman–Crippen MR) is 70.9 cm³/mol. The van der Waals surface area contributed by atoms with E-state index < -0.39 is 11.9 Å². The van der Waals surface area contributed by atoms with E-state index in [-0.39, 0.29) is 28.6 Å². The van der Waals surface area contributed by atoms with Gasteiger partial charge in [0.25, 0.3) is 0 Å². The molecular formula is C14H13NO5. The summed E-state index contributed by atoms with van der Waals surface area (Å²) in [6.45, 7) is 0. The molecule has 1 aromatic carbocycles. The lowest BCUT2D eigenvalue weighted by molar-refractivity contribution is -0.119. The van der Waals surface area contributed by atoms with Gasteiger partial charge in [-0.25, -0.2) is 9.59 Å². The zero-order valence-corrected chi connectivity index (χ0v) is 10.5. The molecule has 0 saturated carbocycles. The number of aromatic carboxylic acids is 2. The lowest BCUT2D eigenvalue weighted by Gasteiger charge is -2.11. The molecule has 3 N–H and O–H groups in total. The zero-order valence-electron chi connectivity index (χ0n) is 10.5. The molecule has 0 fully saturated rings. The Morgan fingerprint density at radius 2 is 1.45 bits per heavy atom. The number of carboxylic acid groups (broad SMARTS) is 2. The van der Waals surface area contributed by atoms with Gasteiger partial charge in [0.2, 0.25) is 5.91 Å². The Balaban J connectivity index is 2.23. The molecular weight excluding hydrogens is 262 g/mol. The molecule has 0 heterocycles. The molecule has 1 amide bonds. The van der Waals surface area contributed by atoms with Crippen molar-refractivity contribution in [2.75, 3.05) is 5.32 Å². The van der Waals surface area contributed by atoms with Crippen LogP contribution in [-0.4, -0.2) is 28.1 Å². The van der Waals surface area contributed by atoms with Gasteiger partial charge in [-0.3, -0.25) is 4.79 Å². The van der Waals surface area contributed by atoms with Crippen LogP contribution in [0.4, 0.5) is 5.69 Å². The van der Waals surface area contributed by atoms with Crippen LogP contribution in [0.5, 0.6) is 0 Å². The maximum Gasteiger partial charge on any atom is 0.335 e. The molecule has 0 saturated heterocycles. The molecule has 0 aromatic heterocycles. The lowest BCUT2D eigenvalue weighted by atomic mass is 10.1. The molecule has 6 nitrogen and oxygen atoms in total. The number of carbonyl (C=O) groups excluding carboxylic acids is 1. The summed E-state index contributed by atoms with van der Waals surface area (Å²) in [6, 6.07) is 3.54. The van der Waals surface area contributed by atoms with Gasteiger partial charge in [0.05, 0.1) is 11.1 Å². The van der Waals surface area contributed by atoms with Crippen LogP contribution in [0.1, 0.15) is 33.6 Å². The van der Waals surface area contributed by atoms with E-state index in [2.05, 4.69) is 5.32 Å². The van der Waals surface area contributed by atoms with E-state index >= 15 is 0 Å². The molecule has 0 bridgehead atoms. The number of allylic oxidation sites excluding steroid dienone is 2. The second kappa shape index (κ2) is 5.56. The van der Waals surface area contributed by atoms with Crippen LogP contribution in [0.2, 0.25) is 0 Å². The zero-order chi connectivity index (χ0) is 14.7. The van der Waals surface area contributed by atoms with E-state index in [1.165, 1.54) is 12.1 Å². The fourth-order valence-corrected chi connectivity index (χ4v) is 2.02. The van der Waals surface area contributed by atoms with Gasteiger partial charge in [-0.15, -0.1) is 0 Å². The van der Waals surface area contributed by atoms with E-state index in [9.17, 15) is 14.4 Å². The summed E-state index contributed by atoms with van der Waals surface area (Å²) in [7, 11) is 0. The number of carboxylic acids is 2. The average molecular weight is 275 g/mol. The number of nitrogens with one attached hydrogen (secondary N) is 1. The fourth-order valence-electron chi connectivity index (χ4n) is 2.02. The summed E-state index contributed by atoms with van der Waals surface area (Å²) >= 11 is 0. The van der Waals surface area contributed by atoms with Gasteiger partial charge in [-0.1, -0.05) is 12.2 Å². The highest BCUT2D eigenvalue weighted by atomic mass is 16.4. The van der Waals surface area contributed by atoms with Crippen molar-refractivity contribution >= 4 is 23.5 Å². The lowest BCUT2D eigenvalue weighted by Crippen LogP contribution is -2.21. The second-order valence-electron chi connectivity index (χ2n) is 4.54. The summed E-state index contributed by atoms with van der Waals surface area (Å²) in [5, 5.41) is 20.5. The van der Waals surface area contributed by atoms with Gasteiger partial charge in [-0.05, 0) is 31.0 Å². The number of carbonyl (C=O) groups is 3. The van der Waals surface area contributed by atoms with Crippen molar-refractivity contribution in [1.29, 1.82) is 0 Å². The summed E-state index contributed by atoms with van der Waals surface area (Å²) in [5.41, 5.74) is -0.173. The Morgan fingerprint density at radius 1 is 0.950 bits per heavy atom. The average Bonchev–Trinajstić information content (AvgIpc) is 2.92. The highest BCUT2D eigenvalue weighted by molar-refractivity contribution is 5.99. The summed E-state index contributed by atoms with van der Waals surface area (Å²) in [6.07, 6.45) is 5.08. The number of anilines is 1. The standard InChI is InChI=1S/C14H13NO5/c16-12(8-3-1-2-4-8)15-11-6-9(13(17)18)5-10(7-11)14(19)20/h1-2,5-8H,3-4H2,(H,15,16)(H,17,18)(H,19,20). The van der Waals surface area contributed by atoms with Crippen molar-refractivity contribution in [2.45, 2.75) is 12.8 Å². The van der Waals surface area contributed by atoms with Crippen molar-refractivity contribution < 1.29 is 24.6 Å². The van der Waals surface area contributed by atoms with E-state index in [0.717, 1.165) is 6.07 Å². The Morgan fingerprint density at radius 3 is 1.90 bits per heavy atom. The number of rotatable bonds is 4. The van der Waals surface area contributed by atoms with Crippen molar-refractivity contribution in [3.8, 4) is 0 Å². The smallest absolute Gasteiger partial charge is 0.335 e. The van der Waals surface area contributed by atoms with Crippen molar-refractivity contribution in [3.05, 3.63) is 41.5 Å². The quantitative estimate of drug-likeness (QED) is 0.729. The first-order valence-corrected chi connectivity index (χ1v) is 6.05. The van der Waals surface area contributed by atoms with E-state index in [1.54, 1.807) is 0 Å². The van der Waals surface area contributed by atoms with E-state index in [0.29, 0.717) is 12.8 Å². The van der Waals surface area contributed by atoms with Crippen LogP contribution in [0.15, 0.2) is 30.4 Å². The topological polar surface area (TPSA) is 104 Å². The van der Waals surface area contributed by atoms with Crippen molar-refractivity contribution in [2.24, 2.45) is 5.92 Å². The van der Waals surface area contributed by atoms with Crippen molar-refractivity contribution in [1.82, 2.24) is 0 Å². The molecule has 0 spiro atoms. The molecule has 2 rings (SSSR count). The summed E-state index contributed by atoms with van der Waals surface area (Å²) in [5.74, 6) is -2.91. The molecule has 0 radical (unpaired) electrons. The molecule has 0 atom stereocenters. The monoisotopic (exact) mass is 275 g/mol. The minimum atomic E-state index is -1.24. The van der Waals surface area contributed by atoms with Gasteiger partial charge in [-0.2, -0.15) is 0 Å². The van der Waals surface area contributed by atoms with Gasteiger partial charge < -0.3 is 15.5 Å². The van der Waals surface area contributed by atoms with Crippen LogP contribution in [-0.2, 0) is 4.79 Å². The van der Waals surface area contributed by atoms with E-state index in [1.807, 2.05) is 12.2 Å². The Hall–Kier alpha value is -2.63. The third-order valence-electron chi connectivity index (χ3n) is 3.07. The minimum Gasteiger partial charge on any atom is -0.478 e. The van der Waals surface area contributed by atoms with Gasteiger partial charge in [0.1, 0.15) is 0 Å². The Bertz CT molecular complexity index is 565. The van der Waals surface area contributed by atoms with Gasteiger partial charge in [0.15, 0.2) is 0 Å². The number of hydrogen-bond acceptors (Lipinski definition) is 3. The SMILES string of the molecule is O=C(O)c1cc(NC(=O)C2CC=CC2)cc(C(=O)O)c1. The van der Waals surface area contributed by atoms with Crippen LogP contribution >= 0.6 is 0 Å². The number of hydrogen-bond donors (Lipinski definition) is 3. The first-order chi connectivity index (χ1) is 9.47. The van der Waals surface area contributed by atoms with Crippen LogP contribution in [0, 0.1) is 5.92 Å². The number of benzene rings is 1. The maximum absolute atomic E-state index is 11.9. The summed E-state index contributed by atoms with van der Waals surface area (Å²) in [4.78, 5) is 33.8. The van der Waals surface area contributed by atoms with E-state index in [4.69, 9.17) is 10.2 Å². The normalized spacial score (nSPS) is 14.2. The second-order valence-corrected chi connectivity index (χ2v) is 4.54. The Labute approximate surface area is 114 Å². The van der Waals surface area contributed by atoms with Crippen LogP contribution in [0.25, 0.3) is 0 Å². The highest BCUT2D eigenvalue weighted by Gasteiger charge is 2.20.